The quantitative estimate of drug-likeness (QED) is 0.342. The van der Waals surface area contributed by atoms with E-state index in [0.29, 0.717) is 11.3 Å². The van der Waals surface area contributed by atoms with Gasteiger partial charge >= 0.3 is 0 Å². The number of nitrogen functional groups attached to an aromatic ring is 2. The third-order valence-electron chi connectivity index (χ3n) is 3.04. The van der Waals surface area contributed by atoms with Crippen molar-refractivity contribution in [3.8, 4) is 17.1 Å². The van der Waals surface area contributed by atoms with Crippen molar-refractivity contribution < 1.29 is 9.42 Å². The third kappa shape index (κ3) is 2.16. The molecule has 1 aromatic carbocycles. The molecule has 5 N–H and O–H groups in total. The predicted octanol–water partition coefficient (Wildman–Crippen LogP) is -0.189. The normalized spacial score (nSPS) is 10.6. The first-order valence-electron chi connectivity index (χ1n) is 6.24. The summed E-state index contributed by atoms with van der Waals surface area (Å²) in [5.41, 5.74) is 9.88. The van der Waals surface area contributed by atoms with Crippen LogP contribution >= 0.6 is 0 Å². The highest BCUT2D eigenvalue weighted by molar-refractivity contribution is 5.98. The maximum Gasteiger partial charge on any atom is 0.288 e. The summed E-state index contributed by atoms with van der Waals surface area (Å²) in [6.45, 7) is 1.95. The van der Waals surface area contributed by atoms with Gasteiger partial charge in [0.25, 0.3) is 5.91 Å². The maximum atomic E-state index is 11.9. The molecule has 0 spiro atoms. The van der Waals surface area contributed by atoms with Crippen LogP contribution in [-0.2, 0) is 0 Å². The van der Waals surface area contributed by atoms with Gasteiger partial charge in [0, 0.05) is 5.56 Å². The molecular formula is C12H12N8O2. The van der Waals surface area contributed by atoms with Gasteiger partial charge in [-0.25, -0.2) is 10.5 Å². The van der Waals surface area contributed by atoms with E-state index >= 15 is 0 Å². The summed E-state index contributed by atoms with van der Waals surface area (Å²) >= 11 is 0. The van der Waals surface area contributed by atoms with E-state index in [1.807, 2.05) is 36.6 Å². The molecule has 0 atom stereocenters. The lowest BCUT2D eigenvalue weighted by atomic mass is 10.1. The Morgan fingerprint density at radius 1 is 1.27 bits per heavy atom. The lowest BCUT2D eigenvalue weighted by Crippen LogP contribution is -2.30. The van der Waals surface area contributed by atoms with Crippen LogP contribution in [0.15, 0.2) is 28.9 Å². The van der Waals surface area contributed by atoms with Gasteiger partial charge in [-0.05, 0) is 17.2 Å². The zero-order valence-electron chi connectivity index (χ0n) is 11.5. The van der Waals surface area contributed by atoms with Crippen LogP contribution in [0.5, 0.6) is 0 Å². The fourth-order valence-corrected chi connectivity index (χ4v) is 1.96. The first-order valence-corrected chi connectivity index (χ1v) is 6.24. The molecule has 2 aromatic heterocycles. The van der Waals surface area contributed by atoms with Crippen molar-refractivity contribution in [3.05, 3.63) is 35.5 Å². The summed E-state index contributed by atoms with van der Waals surface area (Å²) in [5.74, 6) is 4.76. The Hall–Kier alpha value is -3.27. The van der Waals surface area contributed by atoms with Crippen LogP contribution in [0, 0.1) is 6.92 Å². The zero-order chi connectivity index (χ0) is 15.7. The molecule has 3 aromatic rings. The minimum Gasteiger partial charge on any atom is -0.378 e. The molecule has 2 heterocycles. The molecule has 112 valence electrons. The van der Waals surface area contributed by atoms with E-state index in [0.717, 1.165) is 5.56 Å². The Kier molecular flexibility index (Phi) is 3.27. The Balaban J connectivity index is 2.24. The van der Waals surface area contributed by atoms with Crippen molar-refractivity contribution in [1.82, 2.24) is 30.7 Å². The van der Waals surface area contributed by atoms with Crippen molar-refractivity contribution in [2.24, 2.45) is 5.84 Å². The average molecular weight is 300 g/mol. The van der Waals surface area contributed by atoms with Crippen LogP contribution in [0.1, 0.15) is 16.1 Å². The fourth-order valence-electron chi connectivity index (χ4n) is 1.96. The van der Waals surface area contributed by atoms with Crippen molar-refractivity contribution >= 4 is 11.7 Å². The number of rotatable bonds is 3. The van der Waals surface area contributed by atoms with Crippen LogP contribution < -0.4 is 17.0 Å². The van der Waals surface area contributed by atoms with Crippen molar-refractivity contribution in [2.75, 3.05) is 5.73 Å². The molecule has 10 heteroatoms. The van der Waals surface area contributed by atoms with Crippen LogP contribution in [0.2, 0.25) is 0 Å². The summed E-state index contributed by atoms with van der Waals surface area (Å²) in [6, 6.07) is 7.42. The summed E-state index contributed by atoms with van der Waals surface area (Å²) in [5, 5.41) is 14.9. The Morgan fingerprint density at radius 2 is 2.00 bits per heavy atom. The van der Waals surface area contributed by atoms with Gasteiger partial charge in [-0.3, -0.25) is 10.2 Å². The molecule has 0 unspecified atom stereocenters. The number of nitrogens with zero attached hydrogens (tertiary/aromatic N) is 5. The molecule has 22 heavy (non-hydrogen) atoms. The molecule has 0 aliphatic carbocycles. The second kappa shape index (κ2) is 5.26. The molecule has 0 saturated carbocycles. The van der Waals surface area contributed by atoms with E-state index in [9.17, 15) is 4.79 Å². The number of aryl methyl sites for hydroxylation is 1. The van der Waals surface area contributed by atoms with E-state index in [-0.39, 0.29) is 17.3 Å². The zero-order valence-corrected chi connectivity index (χ0v) is 11.5. The molecule has 0 aliphatic rings. The summed E-state index contributed by atoms with van der Waals surface area (Å²) < 4.78 is 5.85. The number of hydrogen-bond donors (Lipinski definition) is 3. The van der Waals surface area contributed by atoms with Crippen LogP contribution in [0.3, 0.4) is 0 Å². The molecule has 0 fully saturated rings. The minimum absolute atomic E-state index is 0.0259. The first-order chi connectivity index (χ1) is 10.6. The van der Waals surface area contributed by atoms with Gasteiger partial charge in [-0.2, -0.15) is 4.68 Å². The lowest BCUT2D eigenvalue weighted by Gasteiger charge is -2.06. The molecule has 10 nitrogen and oxygen atoms in total. The molecule has 1 amide bonds. The van der Waals surface area contributed by atoms with Gasteiger partial charge in [0.05, 0.1) is 0 Å². The van der Waals surface area contributed by atoms with Crippen molar-refractivity contribution in [1.29, 1.82) is 0 Å². The van der Waals surface area contributed by atoms with E-state index in [4.69, 9.17) is 11.6 Å². The summed E-state index contributed by atoms with van der Waals surface area (Å²) in [6.07, 6.45) is 0. The molecule has 3 rings (SSSR count). The summed E-state index contributed by atoms with van der Waals surface area (Å²) in [7, 11) is 0. The monoisotopic (exact) mass is 300 g/mol. The van der Waals surface area contributed by atoms with Gasteiger partial charge in [0.15, 0.2) is 5.69 Å². The molecule has 0 aliphatic heterocycles. The highest BCUT2D eigenvalue weighted by Gasteiger charge is 2.24. The van der Waals surface area contributed by atoms with Crippen LogP contribution in [-0.4, -0.2) is 31.2 Å². The van der Waals surface area contributed by atoms with Crippen molar-refractivity contribution in [2.45, 2.75) is 6.92 Å². The number of anilines is 1. The standard InChI is InChI=1S/C12H12N8O2/c1-6-2-4-7(5-3-6)9-8(12(21)15-14)16-19-20(9)11-10(13)17-22-18-11/h2-5H,14H2,1H3,(H2,13,17)(H,15,21). The minimum atomic E-state index is -0.586. The second-order valence-corrected chi connectivity index (χ2v) is 4.51. The van der Waals surface area contributed by atoms with Crippen LogP contribution in [0.25, 0.3) is 17.1 Å². The number of carbonyl (C=O) groups is 1. The number of aromatic nitrogens is 5. The van der Waals surface area contributed by atoms with Gasteiger partial charge in [-0.1, -0.05) is 35.0 Å². The van der Waals surface area contributed by atoms with E-state index in [1.54, 1.807) is 0 Å². The number of hydrogen-bond acceptors (Lipinski definition) is 8. The largest absolute Gasteiger partial charge is 0.378 e. The van der Waals surface area contributed by atoms with Gasteiger partial charge < -0.3 is 5.73 Å². The maximum absolute atomic E-state index is 11.9. The highest BCUT2D eigenvalue weighted by atomic mass is 16.6. The predicted molar refractivity (Wildman–Crippen MR) is 75.5 cm³/mol. The first kappa shape index (κ1) is 13.7. The van der Waals surface area contributed by atoms with E-state index in [1.165, 1.54) is 4.68 Å². The van der Waals surface area contributed by atoms with Gasteiger partial charge in [0.1, 0.15) is 5.69 Å². The topological polar surface area (TPSA) is 151 Å². The number of nitrogens with two attached hydrogens (primary N) is 2. The summed E-state index contributed by atoms with van der Waals surface area (Å²) in [4.78, 5) is 11.9. The Labute approximate surface area is 124 Å². The molecular weight excluding hydrogens is 288 g/mol. The number of benzene rings is 1. The number of nitrogens with one attached hydrogen (secondary N) is 1. The number of carbonyl (C=O) groups excluding carboxylic acids is 1. The Bertz CT molecular complexity index is 820. The second-order valence-electron chi connectivity index (χ2n) is 4.51. The third-order valence-corrected chi connectivity index (χ3v) is 3.04. The lowest BCUT2D eigenvalue weighted by molar-refractivity contribution is 0.0949. The smallest absolute Gasteiger partial charge is 0.288 e. The van der Waals surface area contributed by atoms with E-state index < -0.39 is 5.91 Å². The average Bonchev–Trinajstić information content (AvgIpc) is 3.13. The number of amides is 1. The highest BCUT2D eigenvalue weighted by Crippen LogP contribution is 2.26. The SMILES string of the molecule is Cc1ccc(-c2c(C(=O)NN)nnn2-c2nonc2N)cc1. The van der Waals surface area contributed by atoms with Gasteiger partial charge in [0.2, 0.25) is 11.6 Å². The molecule has 0 saturated heterocycles. The fraction of sp³-hybridized carbons (Fsp3) is 0.0833. The molecule has 0 radical (unpaired) electrons. The van der Waals surface area contributed by atoms with Crippen LogP contribution in [0.4, 0.5) is 5.82 Å². The number of hydrazine groups is 1. The molecule has 0 bridgehead atoms. The van der Waals surface area contributed by atoms with E-state index in [2.05, 4.69) is 25.3 Å². The van der Waals surface area contributed by atoms with Gasteiger partial charge in [-0.15, -0.1) is 5.10 Å². The van der Waals surface area contributed by atoms with Crippen molar-refractivity contribution in [3.63, 3.8) is 0 Å². The Morgan fingerprint density at radius 3 is 2.59 bits per heavy atom.